The summed E-state index contributed by atoms with van der Waals surface area (Å²) >= 11 is 0. The molecule has 1 aromatic rings. The van der Waals surface area contributed by atoms with Crippen LogP contribution < -0.4 is 0 Å². The predicted molar refractivity (Wildman–Crippen MR) is 45.8 cm³/mol. The van der Waals surface area contributed by atoms with Crippen LogP contribution >= 0.6 is 0 Å². The van der Waals surface area contributed by atoms with E-state index in [0.29, 0.717) is 6.29 Å². The van der Waals surface area contributed by atoms with Gasteiger partial charge in [0.2, 0.25) is 0 Å². The van der Waals surface area contributed by atoms with E-state index in [4.69, 9.17) is 9.47 Å². The van der Waals surface area contributed by atoms with E-state index in [0.717, 1.165) is 6.07 Å². The minimum atomic E-state index is -0.740. The number of carbonyl (C=O) groups excluding carboxylic acids is 1. The molecular weight excluding hydrogens is 187 g/mol. The summed E-state index contributed by atoms with van der Waals surface area (Å²) in [6.45, 7) is 0. The monoisotopic (exact) mass is 194 g/mol. The van der Waals surface area contributed by atoms with Gasteiger partial charge in [0.25, 0.3) is 6.29 Å². The van der Waals surface area contributed by atoms with Crippen LogP contribution in [0, 0.1) is 5.82 Å². The average molecular weight is 194 g/mol. The summed E-state index contributed by atoms with van der Waals surface area (Å²) in [4.78, 5) is 10.3. The maximum atomic E-state index is 13.3. The van der Waals surface area contributed by atoms with Gasteiger partial charge in [-0.2, -0.15) is 0 Å². The Morgan fingerprint density at radius 1 is 1.29 bits per heavy atom. The summed E-state index contributed by atoms with van der Waals surface area (Å²) in [5.41, 5.74) is 0.567. The minimum Gasteiger partial charge on any atom is -0.455 e. The van der Waals surface area contributed by atoms with Crippen molar-refractivity contribution in [1.82, 2.24) is 0 Å². The largest absolute Gasteiger partial charge is 0.455 e. The first-order valence-corrected chi connectivity index (χ1v) is 4.02. The molecule has 0 fully saturated rings. The number of halogens is 1. The zero-order valence-corrected chi connectivity index (χ0v) is 7.14. The molecule has 0 aliphatic carbocycles. The third-order valence-electron chi connectivity index (χ3n) is 1.87. The van der Waals surface area contributed by atoms with E-state index >= 15 is 0 Å². The van der Waals surface area contributed by atoms with Crippen LogP contribution in [-0.2, 0) is 9.47 Å². The zero-order chi connectivity index (χ0) is 9.97. The standard InChI is InChI=1S/C10H7FO3/c11-9-5-7(6-12)1-2-8(9)10-13-3-4-14-10/h1-6,10H. The number of aldehydes is 1. The van der Waals surface area contributed by atoms with Crippen LogP contribution in [-0.4, -0.2) is 6.29 Å². The average Bonchev–Trinajstić information content (AvgIpc) is 2.70. The third kappa shape index (κ3) is 1.46. The lowest BCUT2D eigenvalue weighted by Gasteiger charge is -2.11. The highest BCUT2D eigenvalue weighted by Gasteiger charge is 2.19. The Morgan fingerprint density at radius 3 is 2.57 bits per heavy atom. The molecule has 0 saturated heterocycles. The van der Waals surface area contributed by atoms with Gasteiger partial charge in [0.15, 0.2) is 0 Å². The lowest BCUT2D eigenvalue weighted by Crippen LogP contribution is -2.01. The van der Waals surface area contributed by atoms with Gasteiger partial charge in [-0.05, 0) is 12.1 Å². The minimum absolute atomic E-state index is 0.278. The molecule has 1 heterocycles. The molecule has 72 valence electrons. The van der Waals surface area contributed by atoms with Gasteiger partial charge in [-0.15, -0.1) is 0 Å². The number of carbonyl (C=O) groups is 1. The summed E-state index contributed by atoms with van der Waals surface area (Å²) in [5.74, 6) is -0.511. The number of ether oxygens (including phenoxy) is 2. The fraction of sp³-hybridized carbons (Fsp3) is 0.100. The summed E-state index contributed by atoms with van der Waals surface area (Å²) in [6, 6.07) is 4.13. The third-order valence-corrected chi connectivity index (χ3v) is 1.87. The van der Waals surface area contributed by atoms with Crippen LogP contribution in [0.4, 0.5) is 4.39 Å². The maximum Gasteiger partial charge on any atom is 0.269 e. The maximum absolute atomic E-state index is 13.3. The number of rotatable bonds is 2. The number of hydrogen-bond donors (Lipinski definition) is 0. The van der Waals surface area contributed by atoms with Gasteiger partial charge < -0.3 is 9.47 Å². The van der Waals surface area contributed by atoms with Crippen molar-refractivity contribution >= 4 is 6.29 Å². The lowest BCUT2D eigenvalue weighted by molar-refractivity contribution is -0.0271. The quantitative estimate of drug-likeness (QED) is 0.676. The molecule has 2 rings (SSSR count). The molecule has 1 aromatic carbocycles. The highest BCUT2D eigenvalue weighted by atomic mass is 19.1. The van der Waals surface area contributed by atoms with Crippen molar-refractivity contribution in [2.45, 2.75) is 6.29 Å². The summed E-state index contributed by atoms with van der Waals surface area (Å²) in [5, 5.41) is 0. The molecule has 0 N–H and O–H groups in total. The second kappa shape index (κ2) is 3.49. The van der Waals surface area contributed by atoms with E-state index in [1.54, 1.807) is 0 Å². The van der Waals surface area contributed by atoms with Crippen molar-refractivity contribution in [3.8, 4) is 0 Å². The van der Waals surface area contributed by atoms with Crippen molar-refractivity contribution in [1.29, 1.82) is 0 Å². The van der Waals surface area contributed by atoms with Gasteiger partial charge in [0.1, 0.15) is 24.6 Å². The van der Waals surface area contributed by atoms with E-state index in [1.165, 1.54) is 24.7 Å². The first kappa shape index (κ1) is 8.74. The SMILES string of the molecule is O=Cc1ccc(C2OC=CO2)c(F)c1. The van der Waals surface area contributed by atoms with E-state index in [-0.39, 0.29) is 11.1 Å². The molecule has 0 unspecified atom stereocenters. The van der Waals surface area contributed by atoms with Crippen LogP contribution in [0.2, 0.25) is 0 Å². The van der Waals surface area contributed by atoms with Crippen LogP contribution in [0.3, 0.4) is 0 Å². The van der Waals surface area contributed by atoms with E-state index in [1.807, 2.05) is 0 Å². The van der Waals surface area contributed by atoms with Crippen LogP contribution in [0.25, 0.3) is 0 Å². The van der Waals surface area contributed by atoms with Crippen LogP contribution in [0.1, 0.15) is 22.2 Å². The Kier molecular flexibility index (Phi) is 2.18. The molecule has 0 bridgehead atoms. The first-order chi connectivity index (χ1) is 6.81. The number of benzene rings is 1. The molecule has 0 spiro atoms. The van der Waals surface area contributed by atoms with Gasteiger partial charge in [0, 0.05) is 5.56 Å². The Labute approximate surface area is 79.7 Å². The molecule has 0 atom stereocenters. The highest BCUT2D eigenvalue weighted by molar-refractivity contribution is 5.74. The predicted octanol–water partition coefficient (Wildman–Crippen LogP) is 2.15. The van der Waals surface area contributed by atoms with E-state index in [9.17, 15) is 9.18 Å². The molecule has 1 aliphatic rings. The van der Waals surface area contributed by atoms with Gasteiger partial charge in [-0.3, -0.25) is 4.79 Å². The smallest absolute Gasteiger partial charge is 0.269 e. The summed E-state index contributed by atoms with van der Waals surface area (Å²) in [6.07, 6.45) is 2.53. The fourth-order valence-corrected chi connectivity index (χ4v) is 1.19. The van der Waals surface area contributed by atoms with Crippen LogP contribution in [0.5, 0.6) is 0 Å². The zero-order valence-electron chi connectivity index (χ0n) is 7.14. The molecular formula is C10H7FO3. The molecule has 14 heavy (non-hydrogen) atoms. The summed E-state index contributed by atoms with van der Waals surface area (Å²) in [7, 11) is 0. The molecule has 0 saturated carbocycles. The Balaban J connectivity index is 2.30. The topological polar surface area (TPSA) is 35.5 Å². The Morgan fingerprint density at radius 2 is 2.00 bits per heavy atom. The Bertz CT molecular complexity index is 379. The first-order valence-electron chi connectivity index (χ1n) is 4.02. The second-order valence-electron chi connectivity index (χ2n) is 2.78. The van der Waals surface area contributed by atoms with Crippen molar-refractivity contribution < 1.29 is 18.7 Å². The molecule has 4 heteroatoms. The molecule has 0 radical (unpaired) electrons. The number of hydrogen-bond acceptors (Lipinski definition) is 3. The molecule has 0 amide bonds. The van der Waals surface area contributed by atoms with Gasteiger partial charge in [-0.1, -0.05) is 6.07 Å². The van der Waals surface area contributed by atoms with Crippen molar-refractivity contribution in [2.24, 2.45) is 0 Å². The van der Waals surface area contributed by atoms with E-state index < -0.39 is 12.1 Å². The molecule has 0 aromatic heterocycles. The van der Waals surface area contributed by atoms with Crippen LogP contribution in [0.15, 0.2) is 30.7 Å². The molecule has 1 aliphatic heterocycles. The van der Waals surface area contributed by atoms with Gasteiger partial charge in [-0.25, -0.2) is 4.39 Å². The Hall–Kier alpha value is -1.84. The normalized spacial score (nSPS) is 14.9. The second-order valence-corrected chi connectivity index (χ2v) is 2.78. The van der Waals surface area contributed by atoms with Crippen molar-refractivity contribution in [2.75, 3.05) is 0 Å². The van der Waals surface area contributed by atoms with Gasteiger partial charge in [0.05, 0.1) is 5.56 Å². The van der Waals surface area contributed by atoms with E-state index in [2.05, 4.69) is 0 Å². The fourth-order valence-electron chi connectivity index (χ4n) is 1.19. The van der Waals surface area contributed by atoms with Crippen molar-refractivity contribution in [3.63, 3.8) is 0 Å². The highest BCUT2D eigenvalue weighted by Crippen LogP contribution is 2.26. The lowest BCUT2D eigenvalue weighted by atomic mass is 10.1. The molecule has 3 nitrogen and oxygen atoms in total. The van der Waals surface area contributed by atoms with Crippen molar-refractivity contribution in [3.05, 3.63) is 47.7 Å². The van der Waals surface area contributed by atoms with Gasteiger partial charge >= 0.3 is 0 Å². The summed E-state index contributed by atoms with van der Waals surface area (Å²) < 4.78 is 23.3.